The number of hydrogen-bond donors (Lipinski definition) is 2. The molecule has 0 aliphatic carbocycles. The molecule has 1 saturated heterocycles. The van der Waals surface area contributed by atoms with Crippen LogP contribution in [0.1, 0.15) is 0 Å². The van der Waals surface area contributed by atoms with Crippen LogP contribution in [0.3, 0.4) is 0 Å². The fourth-order valence-corrected chi connectivity index (χ4v) is 6.43. The van der Waals surface area contributed by atoms with Gasteiger partial charge in [-0.25, -0.2) is 21.2 Å². The van der Waals surface area contributed by atoms with E-state index < -0.39 is 49.3 Å². The third kappa shape index (κ3) is 3.53. The number of halogens is 1. The third-order valence-corrected chi connectivity index (χ3v) is 7.62. The Hall–Kier alpha value is -2.17. The molecule has 2 atom stereocenters. The molecule has 10 heteroatoms. The highest BCUT2D eigenvalue weighted by atomic mass is 32.2. The first-order valence-electron chi connectivity index (χ1n) is 7.58. The first-order chi connectivity index (χ1) is 12.1. The molecule has 140 valence electrons. The highest BCUT2D eigenvalue weighted by molar-refractivity contribution is 7.93. The number of aromatic hydroxyl groups is 1. The van der Waals surface area contributed by atoms with E-state index in [-0.39, 0.29) is 16.3 Å². The van der Waals surface area contributed by atoms with Gasteiger partial charge in [0.15, 0.2) is 9.84 Å². The molecule has 26 heavy (non-hydrogen) atoms. The molecule has 0 radical (unpaired) electrons. The highest BCUT2D eigenvalue weighted by Crippen LogP contribution is 2.32. The predicted octanol–water partition coefficient (Wildman–Crippen LogP) is 0.884. The number of sulfonamides is 1. The van der Waals surface area contributed by atoms with Gasteiger partial charge in [-0.1, -0.05) is 6.07 Å². The van der Waals surface area contributed by atoms with Crippen LogP contribution in [0.15, 0.2) is 53.4 Å². The van der Waals surface area contributed by atoms with Crippen molar-refractivity contribution in [1.82, 2.24) is 0 Å². The summed E-state index contributed by atoms with van der Waals surface area (Å²) < 4.78 is 63.9. The molecule has 3 rings (SSSR count). The minimum absolute atomic E-state index is 0.00419. The van der Waals surface area contributed by atoms with E-state index in [1.54, 1.807) is 0 Å². The van der Waals surface area contributed by atoms with Crippen molar-refractivity contribution in [3.05, 3.63) is 54.3 Å². The van der Waals surface area contributed by atoms with Crippen LogP contribution in [-0.4, -0.2) is 50.7 Å². The zero-order chi connectivity index (χ0) is 19.1. The molecule has 0 bridgehead atoms. The third-order valence-electron chi connectivity index (χ3n) is 4.05. The number of phenols is 1. The van der Waals surface area contributed by atoms with Gasteiger partial charge in [0.2, 0.25) is 0 Å². The van der Waals surface area contributed by atoms with Crippen molar-refractivity contribution in [2.45, 2.75) is 17.0 Å². The van der Waals surface area contributed by atoms with Gasteiger partial charge in [0, 0.05) is 6.07 Å². The lowest BCUT2D eigenvalue weighted by molar-refractivity contribution is 0.184. The van der Waals surface area contributed by atoms with Crippen LogP contribution in [0.2, 0.25) is 0 Å². The van der Waals surface area contributed by atoms with Crippen molar-refractivity contribution in [2.24, 2.45) is 0 Å². The summed E-state index contributed by atoms with van der Waals surface area (Å²) in [6.45, 7) is 0. The summed E-state index contributed by atoms with van der Waals surface area (Å²) in [6, 6.07) is 8.02. The minimum atomic E-state index is -4.32. The molecule has 1 aliphatic heterocycles. The van der Waals surface area contributed by atoms with Gasteiger partial charge in [0.25, 0.3) is 10.0 Å². The topological polar surface area (TPSA) is 112 Å². The number of phenolic OH excluding ortho intramolecular Hbond substituents is 1. The molecular weight excluding hydrogens is 385 g/mol. The van der Waals surface area contributed by atoms with Crippen molar-refractivity contribution in [3.63, 3.8) is 0 Å². The van der Waals surface area contributed by atoms with E-state index in [2.05, 4.69) is 0 Å². The van der Waals surface area contributed by atoms with E-state index in [1.807, 2.05) is 0 Å². The van der Waals surface area contributed by atoms with Gasteiger partial charge < -0.3 is 10.2 Å². The number of aliphatic hydroxyl groups is 1. The molecule has 2 aromatic carbocycles. The van der Waals surface area contributed by atoms with Crippen LogP contribution in [0.25, 0.3) is 0 Å². The normalized spacial score (nSPS) is 22.2. The van der Waals surface area contributed by atoms with Crippen molar-refractivity contribution in [3.8, 4) is 5.75 Å². The van der Waals surface area contributed by atoms with Crippen LogP contribution in [0, 0.1) is 5.82 Å². The quantitative estimate of drug-likeness (QED) is 0.787. The Balaban J connectivity index is 2.16. The molecule has 0 spiro atoms. The maximum absolute atomic E-state index is 13.2. The van der Waals surface area contributed by atoms with E-state index in [4.69, 9.17) is 0 Å². The highest BCUT2D eigenvalue weighted by Gasteiger charge is 2.45. The smallest absolute Gasteiger partial charge is 0.264 e. The number of nitrogens with zero attached hydrogens (tertiary/aromatic N) is 1. The monoisotopic (exact) mass is 401 g/mol. The molecule has 1 fully saturated rings. The van der Waals surface area contributed by atoms with Crippen LogP contribution < -0.4 is 4.31 Å². The fraction of sp³-hybridized carbons (Fsp3) is 0.250. The molecule has 0 amide bonds. The molecule has 2 N–H and O–H groups in total. The van der Waals surface area contributed by atoms with Crippen molar-refractivity contribution in [2.75, 3.05) is 15.8 Å². The minimum Gasteiger partial charge on any atom is -0.508 e. The number of sulfone groups is 1. The number of benzene rings is 2. The zero-order valence-corrected chi connectivity index (χ0v) is 15.0. The second-order valence-corrected chi connectivity index (χ2v) is 9.95. The van der Waals surface area contributed by atoms with Crippen molar-refractivity contribution in [1.29, 1.82) is 0 Å². The maximum atomic E-state index is 13.2. The Morgan fingerprint density at radius 3 is 2.27 bits per heavy atom. The van der Waals surface area contributed by atoms with Gasteiger partial charge >= 0.3 is 0 Å². The molecule has 0 aromatic heterocycles. The lowest BCUT2D eigenvalue weighted by Gasteiger charge is -2.31. The lowest BCUT2D eigenvalue weighted by atomic mass is 10.2. The summed E-state index contributed by atoms with van der Waals surface area (Å²) in [6.07, 6.45) is -1.43. The fourth-order valence-electron chi connectivity index (χ4n) is 2.89. The SMILES string of the molecule is O=S1(=O)C[C@H](O)[C@@H](N(c2cccc(O)c2)S(=O)(=O)c2ccc(F)cc2)C1. The second kappa shape index (κ2) is 6.53. The van der Waals surface area contributed by atoms with E-state index >= 15 is 0 Å². The summed E-state index contributed by atoms with van der Waals surface area (Å²) >= 11 is 0. The maximum Gasteiger partial charge on any atom is 0.264 e. The summed E-state index contributed by atoms with van der Waals surface area (Å²) in [7, 11) is -7.96. The first-order valence-corrected chi connectivity index (χ1v) is 10.8. The first kappa shape index (κ1) is 18.6. The van der Waals surface area contributed by atoms with E-state index in [0.717, 1.165) is 34.6 Å². The Morgan fingerprint density at radius 1 is 1.08 bits per heavy atom. The number of anilines is 1. The van der Waals surface area contributed by atoms with Gasteiger partial charge in [0.05, 0.1) is 34.2 Å². The Morgan fingerprint density at radius 2 is 1.73 bits per heavy atom. The van der Waals surface area contributed by atoms with Gasteiger partial charge in [-0.15, -0.1) is 0 Å². The van der Waals surface area contributed by atoms with E-state index in [9.17, 15) is 31.4 Å². The molecular formula is C16H16FNO6S2. The Kier molecular flexibility index (Phi) is 4.67. The predicted molar refractivity (Wildman–Crippen MR) is 92.6 cm³/mol. The summed E-state index contributed by atoms with van der Waals surface area (Å²) in [5.74, 6) is -1.98. The Labute approximate surface area is 150 Å². The Bertz CT molecular complexity index is 1020. The van der Waals surface area contributed by atoms with Gasteiger partial charge in [0.1, 0.15) is 11.6 Å². The van der Waals surface area contributed by atoms with Crippen molar-refractivity contribution < 1.29 is 31.4 Å². The van der Waals surface area contributed by atoms with Crippen LogP contribution in [0.5, 0.6) is 5.75 Å². The molecule has 7 nitrogen and oxygen atoms in total. The van der Waals surface area contributed by atoms with Crippen LogP contribution in [0.4, 0.5) is 10.1 Å². The molecule has 1 aliphatic rings. The zero-order valence-electron chi connectivity index (χ0n) is 13.4. The summed E-state index contributed by atoms with van der Waals surface area (Å²) in [5.41, 5.74) is -0.00419. The number of rotatable bonds is 4. The largest absolute Gasteiger partial charge is 0.508 e. The van der Waals surface area contributed by atoms with Gasteiger partial charge in [-0.3, -0.25) is 4.31 Å². The van der Waals surface area contributed by atoms with Crippen LogP contribution >= 0.6 is 0 Å². The van der Waals surface area contributed by atoms with E-state index in [0.29, 0.717) is 0 Å². The summed E-state index contributed by atoms with van der Waals surface area (Å²) in [4.78, 5) is -0.265. The molecule has 1 heterocycles. The van der Waals surface area contributed by atoms with Gasteiger partial charge in [-0.05, 0) is 36.4 Å². The second-order valence-electron chi connectivity index (χ2n) is 5.99. The van der Waals surface area contributed by atoms with E-state index in [1.165, 1.54) is 18.2 Å². The number of hydrogen-bond acceptors (Lipinski definition) is 6. The molecule has 2 aromatic rings. The van der Waals surface area contributed by atoms with Gasteiger partial charge in [-0.2, -0.15) is 0 Å². The molecule has 0 saturated carbocycles. The lowest BCUT2D eigenvalue weighted by Crippen LogP contribution is -2.47. The summed E-state index contributed by atoms with van der Waals surface area (Å²) in [5, 5.41) is 19.9. The van der Waals surface area contributed by atoms with Crippen LogP contribution in [-0.2, 0) is 19.9 Å². The average molecular weight is 401 g/mol. The molecule has 0 unspecified atom stereocenters. The number of aliphatic hydroxyl groups excluding tert-OH is 1. The average Bonchev–Trinajstić information content (AvgIpc) is 2.80. The standard InChI is InChI=1S/C16H16FNO6S2/c17-11-4-6-14(7-5-11)26(23,24)18(12-2-1-3-13(19)8-12)15-9-25(21,22)10-16(15)20/h1-8,15-16,19-20H,9-10H2/t15-,16-/m0/s1. The van der Waals surface area contributed by atoms with Crippen molar-refractivity contribution >= 4 is 25.5 Å².